The Kier molecular flexibility index (Phi) is 5.35. The van der Waals surface area contributed by atoms with Crippen molar-refractivity contribution in [3.63, 3.8) is 0 Å². The van der Waals surface area contributed by atoms with E-state index in [9.17, 15) is 4.79 Å². The van der Waals surface area contributed by atoms with Gasteiger partial charge in [-0.2, -0.15) is 0 Å². The molecule has 27 heavy (non-hydrogen) atoms. The predicted octanol–water partition coefficient (Wildman–Crippen LogP) is 4.41. The van der Waals surface area contributed by atoms with Crippen LogP contribution < -0.4 is 15.4 Å². The molecule has 1 heterocycles. The Morgan fingerprint density at radius 3 is 2.33 bits per heavy atom. The van der Waals surface area contributed by atoms with Gasteiger partial charge < -0.3 is 15.4 Å². The molecule has 6 heteroatoms. The highest BCUT2D eigenvalue weighted by molar-refractivity contribution is 6.03. The number of benzene rings is 2. The number of aryl methyl sites for hydroxylation is 3. The smallest absolute Gasteiger partial charge is 0.275 e. The maximum atomic E-state index is 12.4. The van der Waals surface area contributed by atoms with Crippen molar-refractivity contribution in [1.82, 2.24) is 9.97 Å². The van der Waals surface area contributed by atoms with E-state index in [1.54, 1.807) is 25.4 Å². The predicted molar refractivity (Wildman–Crippen MR) is 107 cm³/mol. The van der Waals surface area contributed by atoms with Gasteiger partial charge in [-0.1, -0.05) is 29.8 Å². The lowest BCUT2D eigenvalue weighted by atomic mass is 10.1. The summed E-state index contributed by atoms with van der Waals surface area (Å²) in [7, 11) is 1.56. The Morgan fingerprint density at radius 1 is 1.00 bits per heavy atom. The summed E-state index contributed by atoms with van der Waals surface area (Å²) in [4.78, 5) is 21.0. The fourth-order valence-corrected chi connectivity index (χ4v) is 2.95. The van der Waals surface area contributed by atoms with Gasteiger partial charge in [-0.3, -0.25) is 4.79 Å². The van der Waals surface area contributed by atoms with Gasteiger partial charge in [0.2, 0.25) is 0 Å². The largest absolute Gasteiger partial charge is 0.495 e. The van der Waals surface area contributed by atoms with Gasteiger partial charge in [0.15, 0.2) is 0 Å². The van der Waals surface area contributed by atoms with Crippen LogP contribution in [-0.4, -0.2) is 23.0 Å². The Balaban J connectivity index is 1.75. The second kappa shape index (κ2) is 7.86. The minimum atomic E-state index is -0.346. The number of nitrogens with one attached hydrogen (secondary N) is 2. The second-order valence-corrected chi connectivity index (χ2v) is 6.34. The third-order valence-corrected chi connectivity index (χ3v) is 4.17. The van der Waals surface area contributed by atoms with Crippen LogP contribution in [-0.2, 0) is 0 Å². The summed E-state index contributed by atoms with van der Waals surface area (Å²) in [6, 6.07) is 11.4. The summed E-state index contributed by atoms with van der Waals surface area (Å²) in [6.45, 7) is 6.16. The summed E-state index contributed by atoms with van der Waals surface area (Å²) >= 11 is 0. The van der Waals surface area contributed by atoms with Crippen LogP contribution in [0.15, 0.2) is 48.8 Å². The third kappa shape index (κ3) is 4.23. The van der Waals surface area contributed by atoms with Crippen molar-refractivity contribution in [1.29, 1.82) is 0 Å². The molecule has 0 fully saturated rings. The second-order valence-electron chi connectivity index (χ2n) is 6.34. The Labute approximate surface area is 158 Å². The van der Waals surface area contributed by atoms with E-state index in [1.807, 2.05) is 26.0 Å². The molecule has 2 N–H and O–H groups in total. The zero-order valence-corrected chi connectivity index (χ0v) is 15.8. The van der Waals surface area contributed by atoms with E-state index < -0.39 is 0 Å². The fraction of sp³-hybridized carbons (Fsp3) is 0.190. The van der Waals surface area contributed by atoms with Crippen molar-refractivity contribution in [2.45, 2.75) is 20.8 Å². The molecule has 3 rings (SSSR count). The molecule has 6 nitrogen and oxygen atoms in total. The molecule has 0 aliphatic rings. The number of carbonyl (C=O) groups is 1. The van der Waals surface area contributed by atoms with Gasteiger partial charge in [0.05, 0.1) is 25.2 Å². The fourth-order valence-electron chi connectivity index (χ4n) is 2.95. The van der Waals surface area contributed by atoms with Gasteiger partial charge in [0.1, 0.15) is 17.3 Å². The molecule has 138 valence electrons. The van der Waals surface area contributed by atoms with Crippen LogP contribution in [0.1, 0.15) is 27.2 Å². The molecule has 0 aliphatic carbocycles. The van der Waals surface area contributed by atoms with E-state index in [0.29, 0.717) is 17.3 Å². The lowest BCUT2D eigenvalue weighted by Crippen LogP contribution is -2.15. The third-order valence-electron chi connectivity index (χ3n) is 4.17. The van der Waals surface area contributed by atoms with Crippen molar-refractivity contribution < 1.29 is 9.53 Å². The molecular weight excluding hydrogens is 340 g/mol. The number of carbonyl (C=O) groups excluding carboxylic acids is 1. The average molecular weight is 362 g/mol. The Morgan fingerprint density at radius 2 is 1.70 bits per heavy atom. The van der Waals surface area contributed by atoms with Crippen LogP contribution in [0.3, 0.4) is 0 Å². The molecule has 0 saturated carbocycles. The highest BCUT2D eigenvalue weighted by atomic mass is 16.5. The molecule has 0 bridgehead atoms. The molecule has 0 saturated heterocycles. The first-order chi connectivity index (χ1) is 13.0. The first-order valence-corrected chi connectivity index (χ1v) is 8.59. The summed E-state index contributed by atoms with van der Waals surface area (Å²) in [5, 5.41) is 6.06. The molecule has 1 amide bonds. The van der Waals surface area contributed by atoms with E-state index in [-0.39, 0.29) is 11.6 Å². The van der Waals surface area contributed by atoms with Crippen molar-refractivity contribution in [2.75, 3.05) is 17.7 Å². The van der Waals surface area contributed by atoms with Crippen LogP contribution in [0.2, 0.25) is 0 Å². The van der Waals surface area contributed by atoms with Crippen molar-refractivity contribution in [3.8, 4) is 5.75 Å². The highest BCUT2D eigenvalue weighted by Crippen LogP contribution is 2.25. The number of methoxy groups -OCH3 is 1. The summed E-state index contributed by atoms with van der Waals surface area (Å²) in [5.41, 5.74) is 5.29. The van der Waals surface area contributed by atoms with Gasteiger partial charge in [0.25, 0.3) is 5.91 Å². The van der Waals surface area contributed by atoms with E-state index >= 15 is 0 Å². The average Bonchev–Trinajstić information content (AvgIpc) is 2.65. The Bertz CT molecular complexity index is 945. The Hall–Kier alpha value is -3.41. The molecule has 2 aromatic carbocycles. The number of para-hydroxylation sites is 2. The van der Waals surface area contributed by atoms with E-state index in [4.69, 9.17) is 4.74 Å². The summed E-state index contributed by atoms with van der Waals surface area (Å²) in [6.07, 6.45) is 3.00. The molecule has 0 unspecified atom stereocenters. The zero-order valence-electron chi connectivity index (χ0n) is 15.8. The molecule has 0 radical (unpaired) electrons. The maximum absolute atomic E-state index is 12.4. The van der Waals surface area contributed by atoms with Crippen molar-refractivity contribution in [2.24, 2.45) is 0 Å². The minimum Gasteiger partial charge on any atom is -0.495 e. The van der Waals surface area contributed by atoms with Gasteiger partial charge in [-0.25, -0.2) is 9.97 Å². The summed E-state index contributed by atoms with van der Waals surface area (Å²) in [5.74, 6) is 0.822. The van der Waals surface area contributed by atoms with Gasteiger partial charge in [0, 0.05) is 5.69 Å². The van der Waals surface area contributed by atoms with Crippen LogP contribution in [0.5, 0.6) is 5.75 Å². The summed E-state index contributed by atoms with van der Waals surface area (Å²) < 4.78 is 5.24. The number of rotatable bonds is 5. The number of nitrogens with zero attached hydrogens (tertiary/aromatic N) is 2. The molecule has 3 aromatic rings. The van der Waals surface area contributed by atoms with Crippen LogP contribution in [0.4, 0.5) is 17.2 Å². The minimum absolute atomic E-state index is 0.226. The van der Waals surface area contributed by atoms with Gasteiger partial charge in [-0.15, -0.1) is 0 Å². The molecule has 0 spiro atoms. The van der Waals surface area contributed by atoms with E-state index in [1.165, 1.54) is 11.8 Å². The van der Waals surface area contributed by atoms with E-state index in [0.717, 1.165) is 16.8 Å². The lowest BCUT2D eigenvalue weighted by molar-refractivity contribution is 0.102. The van der Waals surface area contributed by atoms with Crippen molar-refractivity contribution >= 4 is 23.1 Å². The highest BCUT2D eigenvalue weighted by Gasteiger charge is 2.12. The molecular formula is C21H22N4O2. The lowest BCUT2D eigenvalue weighted by Gasteiger charge is -2.13. The number of amides is 1. The monoisotopic (exact) mass is 362 g/mol. The van der Waals surface area contributed by atoms with E-state index in [2.05, 4.69) is 39.7 Å². The quantitative estimate of drug-likeness (QED) is 0.703. The topological polar surface area (TPSA) is 76.1 Å². The van der Waals surface area contributed by atoms with Crippen LogP contribution in [0, 0.1) is 20.8 Å². The first kappa shape index (κ1) is 18.4. The number of aromatic nitrogens is 2. The SMILES string of the molecule is COc1ccccc1NC(=O)c1cnc(Nc2c(C)cc(C)cc2C)cn1. The first-order valence-electron chi connectivity index (χ1n) is 8.59. The van der Waals surface area contributed by atoms with Crippen LogP contribution >= 0.6 is 0 Å². The van der Waals surface area contributed by atoms with Gasteiger partial charge in [-0.05, 0) is 44.0 Å². The normalized spacial score (nSPS) is 10.4. The number of hydrogen-bond acceptors (Lipinski definition) is 5. The van der Waals surface area contributed by atoms with Crippen LogP contribution in [0.25, 0.3) is 0 Å². The molecule has 0 aliphatic heterocycles. The number of anilines is 3. The molecule has 0 atom stereocenters. The molecule has 1 aromatic heterocycles. The van der Waals surface area contributed by atoms with Crippen molar-refractivity contribution in [3.05, 3.63) is 71.2 Å². The number of ether oxygens (including phenoxy) is 1. The standard InChI is InChI=1S/C21H22N4O2/c1-13-9-14(2)20(15(3)10-13)25-19-12-22-17(11-23-19)21(26)24-16-7-5-6-8-18(16)27-4/h5-12H,1-4H3,(H,23,25)(H,24,26). The zero-order chi connectivity index (χ0) is 19.4. The maximum Gasteiger partial charge on any atom is 0.275 e. The number of hydrogen-bond donors (Lipinski definition) is 2. The van der Waals surface area contributed by atoms with Gasteiger partial charge >= 0.3 is 0 Å².